The second kappa shape index (κ2) is 6.01. The van der Waals surface area contributed by atoms with Crippen molar-refractivity contribution in [1.29, 1.82) is 0 Å². The third kappa shape index (κ3) is 4.51. The summed E-state index contributed by atoms with van der Waals surface area (Å²) in [6, 6.07) is 5.16. The molecule has 1 heterocycles. The molecule has 106 valence electrons. The lowest BCUT2D eigenvalue weighted by atomic mass is 10.2. The lowest BCUT2D eigenvalue weighted by Crippen LogP contribution is -2.19. The fourth-order valence-corrected chi connectivity index (χ4v) is 1.64. The predicted octanol–water partition coefficient (Wildman–Crippen LogP) is 2.80. The number of benzene rings is 1. The van der Waals surface area contributed by atoms with E-state index in [0.29, 0.717) is 30.4 Å². The molecule has 0 aromatic heterocycles. The topological polar surface area (TPSA) is 39.7 Å². The summed E-state index contributed by atoms with van der Waals surface area (Å²) >= 11 is 0. The molecule has 0 spiro atoms. The third-order valence-electron chi connectivity index (χ3n) is 2.44. The number of rotatable bonds is 4. The molecule has 0 saturated heterocycles. The molecule has 0 atom stereocenters. The van der Waals surface area contributed by atoms with E-state index < -0.39 is 13.0 Å². The van der Waals surface area contributed by atoms with Gasteiger partial charge in [-0.25, -0.2) is 0 Å². The van der Waals surface area contributed by atoms with Gasteiger partial charge in [0.05, 0.1) is 19.8 Å². The Labute approximate surface area is 108 Å². The minimum Gasteiger partial charge on any atom is -0.490 e. The van der Waals surface area contributed by atoms with Crippen LogP contribution in [0, 0.1) is 0 Å². The lowest BCUT2D eigenvalue weighted by molar-refractivity contribution is -0.322. The zero-order valence-corrected chi connectivity index (χ0v) is 10.1. The number of ether oxygens (including phenoxy) is 3. The van der Waals surface area contributed by atoms with E-state index in [4.69, 9.17) is 9.47 Å². The number of fused-ring (bicyclic) bond motifs is 1. The summed E-state index contributed by atoms with van der Waals surface area (Å²) in [7, 11) is 0. The van der Waals surface area contributed by atoms with Gasteiger partial charge in [-0.2, -0.15) is 0 Å². The minimum atomic E-state index is -4.59. The highest BCUT2D eigenvalue weighted by molar-refractivity contribution is 5.54. The molecule has 1 aromatic carbocycles. The summed E-state index contributed by atoms with van der Waals surface area (Å²) in [5.41, 5.74) is 0.662. The van der Waals surface area contributed by atoms with E-state index in [2.05, 4.69) is 10.1 Å². The van der Waals surface area contributed by atoms with E-state index in [1.54, 1.807) is 18.2 Å². The van der Waals surface area contributed by atoms with Gasteiger partial charge in [-0.05, 0) is 12.1 Å². The quantitative estimate of drug-likeness (QED) is 0.859. The van der Waals surface area contributed by atoms with Crippen molar-refractivity contribution in [3.63, 3.8) is 0 Å². The molecule has 1 aliphatic heterocycles. The van der Waals surface area contributed by atoms with Crippen LogP contribution in [0.15, 0.2) is 18.2 Å². The highest BCUT2D eigenvalue weighted by Crippen LogP contribution is 2.32. The molecule has 4 nitrogen and oxygen atoms in total. The fraction of sp³-hybridized carbons (Fsp3) is 0.500. The molecule has 7 heteroatoms. The molecule has 1 aliphatic rings. The van der Waals surface area contributed by atoms with Gasteiger partial charge in [0.2, 0.25) is 0 Å². The first-order valence-electron chi connectivity index (χ1n) is 5.89. The first-order valence-corrected chi connectivity index (χ1v) is 5.89. The summed E-state index contributed by atoms with van der Waals surface area (Å²) < 4.78 is 49.9. The maximum absolute atomic E-state index is 11.8. The Hall–Kier alpha value is -1.63. The maximum atomic E-state index is 11.8. The third-order valence-corrected chi connectivity index (χ3v) is 2.44. The van der Waals surface area contributed by atoms with Crippen molar-refractivity contribution in [3.8, 4) is 11.5 Å². The molecule has 0 saturated carbocycles. The van der Waals surface area contributed by atoms with Gasteiger partial charge in [0.15, 0.2) is 11.5 Å². The van der Waals surface area contributed by atoms with Crippen LogP contribution in [-0.2, 0) is 4.74 Å². The largest absolute Gasteiger partial charge is 0.522 e. The van der Waals surface area contributed by atoms with E-state index >= 15 is 0 Å². The molecule has 0 bridgehead atoms. The molecule has 0 aliphatic carbocycles. The van der Waals surface area contributed by atoms with E-state index in [1.807, 2.05) is 0 Å². The number of alkyl halides is 3. The average Bonchev–Trinajstić information content (AvgIpc) is 2.58. The Kier molecular flexibility index (Phi) is 4.36. The van der Waals surface area contributed by atoms with E-state index in [9.17, 15) is 13.2 Å². The summed E-state index contributed by atoms with van der Waals surface area (Å²) in [5, 5.41) is 2.83. The van der Waals surface area contributed by atoms with Gasteiger partial charge in [0.1, 0.15) is 0 Å². The molecular weight excluding hydrogens is 263 g/mol. The standard InChI is InChI=1S/C12H14F3NO3/c13-12(14,15)19-7-4-16-9-2-3-10-11(8-9)18-6-1-5-17-10/h2-3,8,16H,1,4-7H2. The van der Waals surface area contributed by atoms with Crippen molar-refractivity contribution >= 4 is 5.69 Å². The lowest BCUT2D eigenvalue weighted by Gasteiger charge is -2.12. The molecule has 2 rings (SSSR count). The molecule has 19 heavy (non-hydrogen) atoms. The fourth-order valence-electron chi connectivity index (χ4n) is 1.64. The second-order valence-electron chi connectivity index (χ2n) is 3.93. The normalized spacial score (nSPS) is 14.9. The molecule has 0 radical (unpaired) electrons. The molecule has 0 unspecified atom stereocenters. The van der Waals surface area contributed by atoms with Crippen molar-refractivity contribution in [2.24, 2.45) is 0 Å². The van der Waals surface area contributed by atoms with Gasteiger partial charge in [0.25, 0.3) is 0 Å². The van der Waals surface area contributed by atoms with Crippen LogP contribution in [-0.4, -0.2) is 32.7 Å². The van der Waals surface area contributed by atoms with Gasteiger partial charge in [-0.1, -0.05) is 0 Å². The van der Waals surface area contributed by atoms with Crippen molar-refractivity contribution in [2.45, 2.75) is 12.8 Å². The van der Waals surface area contributed by atoms with Crippen LogP contribution in [0.25, 0.3) is 0 Å². The van der Waals surface area contributed by atoms with Crippen LogP contribution < -0.4 is 14.8 Å². The molecular formula is C12H14F3NO3. The SMILES string of the molecule is FC(F)(F)OCCNc1ccc2c(c1)OCCCO2. The first-order chi connectivity index (χ1) is 9.04. The van der Waals surface area contributed by atoms with Crippen LogP contribution in [0.4, 0.5) is 18.9 Å². The Balaban J connectivity index is 1.86. The number of anilines is 1. The number of halogens is 3. The van der Waals surface area contributed by atoms with Crippen LogP contribution in [0.2, 0.25) is 0 Å². The summed E-state index contributed by atoms with van der Waals surface area (Å²) in [4.78, 5) is 0. The Bertz CT molecular complexity index is 423. The van der Waals surface area contributed by atoms with Crippen LogP contribution in [0.3, 0.4) is 0 Å². The zero-order valence-electron chi connectivity index (χ0n) is 10.1. The van der Waals surface area contributed by atoms with Gasteiger partial charge in [-0.3, -0.25) is 4.74 Å². The van der Waals surface area contributed by atoms with Crippen LogP contribution in [0.5, 0.6) is 11.5 Å². The zero-order chi connectivity index (χ0) is 13.7. The maximum Gasteiger partial charge on any atom is 0.522 e. The highest BCUT2D eigenvalue weighted by Gasteiger charge is 2.28. The second-order valence-corrected chi connectivity index (χ2v) is 3.93. The van der Waals surface area contributed by atoms with Crippen molar-refractivity contribution in [2.75, 3.05) is 31.7 Å². The average molecular weight is 277 g/mol. The summed E-state index contributed by atoms with van der Waals surface area (Å²) in [5.74, 6) is 1.24. The number of hydrogen-bond acceptors (Lipinski definition) is 4. The molecule has 1 aromatic rings. The van der Waals surface area contributed by atoms with Crippen molar-refractivity contribution in [1.82, 2.24) is 0 Å². The van der Waals surface area contributed by atoms with Gasteiger partial charge >= 0.3 is 6.36 Å². The smallest absolute Gasteiger partial charge is 0.490 e. The van der Waals surface area contributed by atoms with Crippen molar-refractivity contribution < 1.29 is 27.4 Å². The first kappa shape index (κ1) is 13.8. The summed E-state index contributed by atoms with van der Waals surface area (Å²) in [6.45, 7) is 0.768. The van der Waals surface area contributed by atoms with E-state index in [1.165, 1.54) is 0 Å². The van der Waals surface area contributed by atoms with Crippen LogP contribution in [0.1, 0.15) is 6.42 Å². The highest BCUT2D eigenvalue weighted by atomic mass is 19.4. The Morgan fingerprint density at radius 2 is 1.89 bits per heavy atom. The Morgan fingerprint density at radius 1 is 1.16 bits per heavy atom. The van der Waals surface area contributed by atoms with Gasteiger partial charge in [0, 0.05) is 24.7 Å². The molecule has 1 N–H and O–H groups in total. The van der Waals surface area contributed by atoms with Crippen LogP contribution >= 0.6 is 0 Å². The minimum absolute atomic E-state index is 0.0547. The monoisotopic (exact) mass is 277 g/mol. The number of nitrogens with one attached hydrogen (secondary N) is 1. The van der Waals surface area contributed by atoms with E-state index in [0.717, 1.165) is 6.42 Å². The number of hydrogen-bond donors (Lipinski definition) is 1. The molecule has 0 fully saturated rings. The van der Waals surface area contributed by atoms with Crippen molar-refractivity contribution in [3.05, 3.63) is 18.2 Å². The van der Waals surface area contributed by atoms with Gasteiger partial charge in [-0.15, -0.1) is 13.2 Å². The molecule has 0 amide bonds. The van der Waals surface area contributed by atoms with Gasteiger partial charge < -0.3 is 14.8 Å². The summed E-state index contributed by atoms with van der Waals surface area (Å²) in [6.07, 6.45) is -3.79. The van der Waals surface area contributed by atoms with E-state index in [-0.39, 0.29) is 6.54 Å². The Morgan fingerprint density at radius 3 is 2.63 bits per heavy atom. The predicted molar refractivity (Wildman–Crippen MR) is 62.5 cm³/mol.